The minimum atomic E-state index is -2.93. The zero-order chi connectivity index (χ0) is 14.2. The molecule has 0 saturated carbocycles. The molecule has 0 fully saturated rings. The van der Waals surface area contributed by atoms with E-state index in [2.05, 4.69) is 19.2 Å². The molecular formula is C12H26N2O3S. The third-order valence-corrected chi connectivity index (χ3v) is 3.89. The number of sulfone groups is 1. The predicted octanol–water partition coefficient (Wildman–Crippen LogP) is 0.693. The van der Waals surface area contributed by atoms with E-state index in [0.717, 1.165) is 12.8 Å². The van der Waals surface area contributed by atoms with Gasteiger partial charge in [-0.25, -0.2) is 8.42 Å². The lowest BCUT2D eigenvalue weighted by atomic mass is 9.84. The highest BCUT2D eigenvalue weighted by Crippen LogP contribution is 2.25. The van der Waals surface area contributed by atoms with Gasteiger partial charge in [0.2, 0.25) is 5.91 Å². The normalized spacial score (nSPS) is 12.4. The Morgan fingerprint density at radius 3 is 2.39 bits per heavy atom. The fourth-order valence-corrected chi connectivity index (χ4v) is 2.29. The van der Waals surface area contributed by atoms with Crippen molar-refractivity contribution in [1.82, 2.24) is 5.32 Å². The van der Waals surface area contributed by atoms with Crippen LogP contribution in [0.3, 0.4) is 0 Å². The zero-order valence-electron chi connectivity index (χ0n) is 11.7. The number of carbonyl (C=O) groups excluding carboxylic acids is 1. The highest BCUT2D eigenvalue weighted by Gasteiger charge is 2.18. The third-order valence-electron chi connectivity index (χ3n) is 2.86. The standard InChI is InChI=1S/C12H26N2O3S/c1-12(2,7-8-13)6-5-11(15)14-9-4-10-18(3,16)17/h4-10,13H2,1-3H3,(H,14,15). The molecule has 0 aliphatic heterocycles. The van der Waals surface area contributed by atoms with E-state index in [1.54, 1.807) is 0 Å². The number of rotatable bonds is 9. The Labute approximate surface area is 110 Å². The third kappa shape index (κ3) is 10.5. The molecule has 5 nitrogen and oxygen atoms in total. The maximum atomic E-state index is 11.5. The van der Waals surface area contributed by atoms with Gasteiger partial charge in [0, 0.05) is 19.2 Å². The number of amides is 1. The van der Waals surface area contributed by atoms with Gasteiger partial charge in [-0.3, -0.25) is 4.79 Å². The number of hydrogen-bond acceptors (Lipinski definition) is 4. The summed E-state index contributed by atoms with van der Waals surface area (Å²) >= 11 is 0. The number of carbonyl (C=O) groups is 1. The van der Waals surface area contributed by atoms with Crippen molar-refractivity contribution in [3.05, 3.63) is 0 Å². The van der Waals surface area contributed by atoms with E-state index in [1.807, 2.05) is 0 Å². The minimum Gasteiger partial charge on any atom is -0.356 e. The Hall–Kier alpha value is -0.620. The quantitative estimate of drug-likeness (QED) is 0.607. The van der Waals surface area contributed by atoms with Crippen LogP contribution in [0.1, 0.15) is 39.5 Å². The van der Waals surface area contributed by atoms with Crippen molar-refractivity contribution in [2.24, 2.45) is 11.1 Å². The summed E-state index contributed by atoms with van der Waals surface area (Å²) in [4.78, 5) is 11.5. The molecule has 18 heavy (non-hydrogen) atoms. The molecule has 0 heterocycles. The summed E-state index contributed by atoms with van der Waals surface area (Å²) in [5.41, 5.74) is 5.58. The van der Waals surface area contributed by atoms with Gasteiger partial charge in [0.1, 0.15) is 9.84 Å². The molecule has 0 aromatic heterocycles. The molecule has 1 amide bonds. The Morgan fingerprint density at radius 2 is 1.89 bits per heavy atom. The second-order valence-electron chi connectivity index (χ2n) is 5.54. The lowest BCUT2D eigenvalue weighted by Crippen LogP contribution is -2.27. The average molecular weight is 278 g/mol. The van der Waals surface area contributed by atoms with Crippen molar-refractivity contribution in [3.8, 4) is 0 Å². The average Bonchev–Trinajstić information content (AvgIpc) is 2.20. The Morgan fingerprint density at radius 1 is 1.28 bits per heavy atom. The molecule has 0 aromatic carbocycles. The predicted molar refractivity (Wildman–Crippen MR) is 74.0 cm³/mol. The maximum Gasteiger partial charge on any atom is 0.220 e. The summed E-state index contributed by atoms with van der Waals surface area (Å²) < 4.78 is 21.8. The summed E-state index contributed by atoms with van der Waals surface area (Å²) in [7, 11) is -2.93. The van der Waals surface area contributed by atoms with E-state index >= 15 is 0 Å². The van der Waals surface area contributed by atoms with Gasteiger partial charge in [-0.1, -0.05) is 13.8 Å². The first-order valence-electron chi connectivity index (χ1n) is 6.31. The van der Waals surface area contributed by atoms with Crippen LogP contribution in [0.5, 0.6) is 0 Å². The van der Waals surface area contributed by atoms with E-state index < -0.39 is 9.84 Å². The smallest absolute Gasteiger partial charge is 0.220 e. The van der Waals surface area contributed by atoms with Crippen molar-refractivity contribution >= 4 is 15.7 Å². The van der Waals surface area contributed by atoms with Crippen molar-refractivity contribution < 1.29 is 13.2 Å². The Bertz CT molecular complexity index is 350. The first kappa shape index (κ1) is 17.4. The van der Waals surface area contributed by atoms with E-state index in [4.69, 9.17) is 5.73 Å². The first-order valence-corrected chi connectivity index (χ1v) is 8.37. The molecule has 0 bridgehead atoms. The highest BCUT2D eigenvalue weighted by atomic mass is 32.2. The van der Waals surface area contributed by atoms with Crippen LogP contribution in [0.15, 0.2) is 0 Å². The fourth-order valence-electron chi connectivity index (χ4n) is 1.62. The van der Waals surface area contributed by atoms with Gasteiger partial charge in [-0.2, -0.15) is 0 Å². The second kappa shape index (κ2) is 7.74. The van der Waals surface area contributed by atoms with Crippen molar-refractivity contribution in [1.29, 1.82) is 0 Å². The van der Waals surface area contributed by atoms with Crippen LogP contribution >= 0.6 is 0 Å². The van der Waals surface area contributed by atoms with Gasteiger partial charge >= 0.3 is 0 Å². The van der Waals surface area contributed by atoms with Gasteiger partial charge in [-0.15, -0.1) is 0 Å². The van der Waals surface area contributed by atoms with Crippen LogP contribution in [0, 0.1) is 5.41 Å². The topological polar surface area (TPSA) is 89.3 Å². The molecule has 6 heteroatoms. The summed E-state index contributed by atoms with van der Waals surface area (Å²) in [5, 5.41) is 2.74. The van der Waals surface area contributed by atoms with E-state index in [-0.39, 0.29) is 17.1 Å². The van der Waals surface area contributed by atoms with Gasteiger partial charge in [0.05, 0.1) is 5.75 Å². The van der Waals surface area contributed by atoms with E-state index in [9.17, 15) is 13.2 Å². The van der Waals surface area contributed by atoms with Gasteiger partial charge < -0.3 is 11.1 Å². The molecule has 0 aromatic rings. The van der Waals surface area contributed by atoms with E-state index in [0.29, 0.717) is 25.9 Å². The molecule has 0 radical (unpaired) electrons. The first-order chi connectivity index (χ1) is 8.16. The summed E-state index contributed by atoms with van der Waals surface area (Å²) in [5.74, 6) is 0.0972. The van der Waals surface area contributed by atoms with Crippen LogP contribution in [-0.2, 0) is 14.6 Å². The maximum absolute atomic E-state index is 11.5. The van der Waals surface area contributed by atoms with Crippen LogP contribution in [0.4, 0.5) is 0 Å². The Balaban J connectivity index is 3.73. The molecule has 108 valence electrons. The number of nitrogens with one attached hydrogen (secondary N) is 1. The van der Waals surface area contributed by atoms with Crippen molar-refractivity contribution in [2.45, 2.75) is 39.5 Å². The second-order valence-corrected chi connectivity index (χ2v) is 7.80. The van der Waals surface area contributed by atoms with Crippen LogP contribution < -0.4 is 11.1 Å². The fraction of sp³-hybridized carbons (Fsp3) is 0.917. The molecule has 0 rings (SSSR count). The van der Waals surface area contributed by atoms with Crippen molar-refractivity contribution in [2.75, 3.05) is 25.1 Å². The summed E-state index contributed by atoms with van der Waals surface area (Å²) in [6.45, 7) is 5.24. The number of hydrogen-bond donors (Lipinski definition) is 2. The molecule has 0 unspecified atom stereocenters. The van der Waals surface area contributed by atoms with E-state index in [1.165, 1.54) is 6.26 Å². The summed E-state index contributed by atoms with van der Waals surface area (Å²) in [6.07, 6.45) is 3.82. The van der Waals surface area contributed by atoms with Gasteiger partial charge in [0.25, 0.3) is 0 Å². The minimum absolute atomic E-state index is 0.0198. The zero-order valence-corrected chi connectivity index (χ0v) is 12.5. The molecule has 3 N–H and O–H groups in total. The highest BCUT2D eigenvalue weighted by molar-refractivity contribution is 7.90. The molecule has 0 spiro atoms. The molecule has 0 aliphatic carbocycles. The Kier molecular flexibility index (Phi) is 7.47. The van der Waals surface area contributed by atoms with Crippen molar-refractivity contribution in [3.63, 3.8) is 0 Å². The van der Waals surface area contributed by atoms with Crippen LogP contribution in [-0.4, -0.2) is 39.4 Å². The molecule has 0 aliphatic rings. The molecule has 0 atom stereocenters. The van der Waals surface area contributed by atoms with Crippen LogP contribution in [0.25, 0.3) is 0 Å². The van der Waals surface area contributed by atoms with Gasteiger partial charge in [0.15, 0.2) is 0 Å². The lowest BCUT2D eigenvalue weighted by Gasteiger charge is -2.23. The number of nitrogens with two attached hydrogens (primary N) is 1. The largest absolute Gasteiger partial charge is 0.356 e. The monoisotopic (exact) mass is 278 g/mol. The lowest BCUT2D eigenvalue weighted by molar-refractivity contribution is -0.121. The molecular weight excluding hydrogens is 252 g/mol. The summed E-state index contributed by atoms with van der Waals surface area (Å²) in [6, 6.07) is 0. The van der Waals surface area contributed by atoms with Crippen LogP contribution in [0.2, 0.25) is 0 Å². The molecule has 0 saturated heterocycles. The van der Waals surface area contributed by atoms with Gasteiger partial charge in [-0.05, 0) is 31.2 Å². The SMILES string of the molecule is CC(C)(CCN)CCC(=O)NCCCS(C)(=O)=O.